The Bertz CT molecular complexity index is 1580. The van der Waals surface area contributed by atoms with Crippen LogP contribution in [0.1, 0.15) is 81.2 Å². The monoisotopic (exact) mass is 630 g/mol. The number of anilines is 1. The Hall–Kier alpha value is -2.73. The number of hydrogen-bond acceptors (Lipinski definition) is 7. The summed E-state index contributed by atoms with van der Waals surface area (Å²) in [5, 5.41) is 10.4. The van der Waals surface area contributed by atoms with Crippen molar-refractivity contribution in [3.05, 3.63) is 51.7 Å². The Balaban J connectivity index is 1.14. The SMILES string of the molecule is CC1=CC2(CCc3c(nc(OCC45CCCN4CC4(CC4)C5)nc3N3CCN(CC(C)F)[C@@H](CC#N)C3)C2)c2cccc(Cl)c21. The lowest BCUT2D eigenvalue weighted by Gasteiger charge is -2.43. The predicted octanol–water partition coefficient (Wildman–Crippen LogP) is 6.13. The molecule has 1 saturated carbocycles. The van der Waals surface area contributed by atoms with Crippen LogP contribution in [0, 0.1) is 16.7 Å². The van der Waals surface area contributed by atoms with Gasteiger partial charge in [0.2, 0.25) is 0 Å². The second kappa shape index (κ2) is 10.9. The molecule has 238 valence electrons. The minimum atomic E-state index is -0.931. The van der Waals surface area contributed by atoms with Crippen LogP contribution >= 0.6 is 11.6 Å². The van der Waals surface area contributed by atoms with Crippen molar-refractivity contribution in [2.24, 2.45) is 5.41 Å². The van der Waals surface area contributed by atoms with E-state index in [0.29, 0.717) is 44.1 Å². The lowest BCUT2D eigenvalue weighted by Crippen LogP contribution is -2.55. The third kappa shape index (κ3) is 5.05. The molecular weight excluding hydrogens is 587 g/mol. The van der Waals surface area contributed by atoms with E-state index in [0.717, 1.165) is 42.3 Å². The fourth-order valence-electron chi connectivity index (χ4n) is 9.69. The third-order valence-corrected chi connectivity index (χ3v) is 12.2. The summed E-state index contributed by atoms with van der Waals surface area (Å²) in [6.07, 6.45) is 10.8. The van der Waals surface area contributed by atoms with Crippen LogP contribution < -0.4 is 9.64 Å². The molecule has 0 bridgehead atoms. The van der Waals surface area contributed by atoms with Gasteiger partial charge in [-0.2, -0.15) is 15.2 Å². The van der Waals surface area contributed by atoms with Crippen LogP contribution in [-0.2, 0) is 18.3 Å². The summed E-state index contributed by atoms with van der Waals surface area (Å²) in [5.41, 5.74) is 6.42. The summed E-state index contributed by atoms with van der Waals surface area (Å²) in [5.74, 6) is 0.941. The van der Waals surface area contributed by atoms with E-state index in [1.807, 2.05) is 6.07 Å². The highest BCUT2D eigenvalue weighted by Gasteiger charge is 2.60. The first kappa shape index (κ1) is 29.7. The van der Waals surface area contributed by atoms with Crippen molar-refractivity contribution < 1.29 is 9.13 Å². The first-order chi connectivity index (χ1) is 21.7. The second-order valence-electron chi connectivity index (χ2n) is 15.0. The largest absolute Gasteiger partial charge is 0.461 e. The van der Waals surface area contributed by atoms with Gasteiger partial charge >= 0.3 is 6.01 Å². The van der Waals surface area contributed by atoms with Crippen molar-refractivity contribution in [2.45, 2.75) is 94.8 Å². The number of piperazine rings is 1. The molecule has 3 aliphatic carbocycles. The zero-order valence-corrected chi connectivity index (χ0v) is 27.4. The number of rotatable bonds is 7. The van der Waals surface area contributed by atoms with Crippen molar-refractivity contribution in [2.75, 3.05) is 50.8 Å². The van der Waals surface area contributed by atoms with Crippen molar-refractivity contribution in [1.29, 1.82) is 5.26 Å². The smallest absolute Gasteiger partial charge is 0.318 e. The fourth-order valence-corrected chi connectivity index (χ4v) is 10.0. The molecule has 6 aliphatic rings. The van der Waals surface area contributed by atoms with E-state index >= 15 is 0 Å². The molecule has 0 radical (unpaired) electrons. The number of ether oxygens (including phenoxy) is 1. The van der Waals surface area contributed by atoms with Gasteiger partial charge in [0, 0.05) is 61.2 Å². The number of halogens is 2. The first-order valence-corrected chi connectivity index (χ1v) is 17.4. The van der Waals surface area contributed by atoms with E-state index in [1.165, 1.54) is 67.5 Å². The Labute approximate surface area is 271 Å². The summed E-state index contributed by atoms with van der Waals surface area (Å²) < 4.78 is 20.7. The van der Waals surface area contributed by atoms with E-state index in [-0.39, 0.29) is 17.0 Å². The van der Waals surface area contributed by atoms with Gasteiger partial charge in [0.1, 0.15) is 18.6 Å². The molecule has 3 aliphatic heterocycles. The number of alkyl halides is 1. The second-order valence-corrected chi connectivity index (χ2v) is 15.4. The molecule has 2 spiro atoms. The topological polar surface area (TPSA) is 68.5 Å². The Morgan fingerprint density at radius 3 is 2.84 bits per heavy atom. The van der Waals surface area contributed by atoms with Gasteiger partial charge < -0.3 is 9.64 Å². The quantitative estimate of drug-likeness (QED) is 0.364. The van der Waals surface area contributed by atoms with Crippen molar-refractivity contribution in [1.82, 2.24) is 19.8 Å². The highest BCUT2D eigenvalue weighted by atomic mass is 35.5. The van der Waals surface area contributed by atoms with Crippen LogP contribution in [-0.4, -0.2) is 83.4 Å². The van der Waals surface area contributed by atoms with E-state index < -0.39 is 6.17 Å². The lowest BCUT2D eigenvalue weighted by molar-refractivity contribution is 0.107. The Morgan fingerprint density at radius 1 is 1.18 bits per heavy atom. The van der Waals surface area contributed by atoms with Gasteiger partial charge in [0.25, 0.3) is 0 Å². The molecular formula is C36H44ClFN6O. The zero-order chi connectivity index (χ0) is 31.0. The summed E-state index contributed by atoms with van der Waals surface area (Å²) in [6.45, 7) is 9.22. The minimum Gasteiger partial charge on any atom is -0.461 e. The van der Waals surface area contributed by atoms with Gasteiger partial charge in [-0.15, -0.1) is 0 Å². The molecule has 0 amide bonds. The number of nitrogens with zero attached hydrogens (tertiary/aromatic N) is 6. The fraction of sp³-hybridized carbons (Fsp3) is 0.639. The third-order valence-electron chi connectivity index (χ3n) is 11.9. The zero-order valence-electron chi connectivity index (χ0n) is 26.6. The maximum absolute atomic E-state index is 14.1. The maximum atomic E-state index is 14.1. The van der Waals surface area contributed by atoms with Crippen molar-refractivity contribution in [3.63, 3.8) is 0 Å². The van der Waals surface area contributed by atoms with Crippen LogP contribution in [0.5, 0.6) is 6.01 Å². The predicted molar refractivity (Wildman–Crippen MR) is 175 cm³/mol. The van der Waals surface area contributed by atoms with Crippen LogP contribution in [0.25, 0.3) is 5.57 Å². The molecule has 2 aromatic rings. The van der Waals surface area contributed by atoms with Crippen molar-refractivity contribution >= 4 is 23.0 Å². The highest BCUT2D eigenvalue weighted by molar-refractivity contribution is 6.32. The molecule has 3 saturated heterocycles. The molecule has 7 nitrogen and oxygen atoms in total. The molecule has 45 heavy (non-hydrogen) atoms. The molecule has 1 aromatic carbocycles. The normalized spacial score (nSPS) is 30.6. The maximum Gasteiger partial charge on any atom is 0.318 e. The molecule has 0 N–H and O–H groups in total. The van der Waals surface area contributed by atoms with Crippen LogP contribution in [0.3, 0.4) is 0 Å². The minimum absolute atomic E-state index is 0.0412. The molecule has 4 heterocycles. The number of aromatic nitrogens is 2. The number of allylic oxidation sites excluding steroid dienone is 2. The number of nitriles is 1. The van der Waals surface area contributed by atoms with E-state index in [4.69, 9.17) is 26.3 Å². The van der Waals surface area contributed by atoms with Crippen LogP contribution in [0.4, 0.5) is 10.2 Å². The van der Waals surface area contributed by atoms with E-state index in [2.05, 4.69) is 45.9 Å². The summed E-state index contributed by atoms with van der Waals surface area (Å²) in [6, 6.07) is 9.07. The van der Waals surface area contributed by atoms with Gasteiger partial charge in [0.05, 0.1) is 23.7 Å². The highest BCUT2D eigenvalue weighted by Crippen LogP contribution is 2.60. The van der Waals surface area contributed by atoms with Crippen molar-refractivity contribution in [3.8, 4) is 12.1 Å². The average Bonchev–Trinajstić information content (AvgIpc) is 3.42. The standard InChI is InChI=1S/C36H44ClFN6O/c1-24-17-35(28-5-3-6-29(37)31(24)28)10-7-27-30(18-35)40-33(45-23-36-9-4-14-44(36)22-34(21-36)11-12-34)41-32(27)43-16-15-42(19-25(2)38)26(20-43)8-13-39/h3,5-6,17,25-26H,4,7-12,14-16,18-23H2,1-2H3/t25?,26-,35?,36?/m0/s1. The molecule has 8 rings (SSSR count). The Kier molecular flexibility index (Phi) is 7.20. The molecule has 9 heteroatoms. The van der Waals surface area contributed by atoms with Gasteiger partial charge in [-0.1, -0.05) is 29.8 Å². The number of hydrogen-bond donors (Lipinski definition) is 0. The first-order valence-electron chi connectivity index (χ1n) is 17.0. The van der Waals surface area contributed by atoms with Gasteiger partial charge in [0.15, 0.2) is 0 Å². The van der Waals surface area contributed by atoms with Gasteiger partial charge in [-0.25, -0.2) is 4.39 Å². The van der Waals surface area contributed by atoms with Gasteiger partial charge in [-0.05, 0) is 93.5 Å². The van der Waals surface area contributed by atoms with Crippen LogP contribution in [0.15, 0.2) is 24.3 Å². The molecule has 1 aromatic heterocycles. The van der Waals surface area contributed by atoms with Crippen LogP contribution in [0.2, 0.25) is 5.02 Å². The summed E-state index contributed by atoms with van der Waals surface area (Å²) >= 11 is 6.73. The molecule has 4 fully saturated rings. The molecule has 3 unspecified atom stereocenters. The number of fused-ring (bicyclic) bond motifs is 4. The van der Waals surface area contributed by atoms with E-state index in [1.54, 1.807) is 6.92 Å². The van der Waals surface area contributed by atoms with E-state index in [9.17, 15) is 9.65 Å². The van der Waals surface area contributed by atoms with Gasteiger partial charge in [-0.3, -0.25) is 9.80 Å². The lowest BCUT2D eigenvalue weighted by atomic mass is 9.70. The number of benzene rings is 1. The summed E-state index contributed by atoms with van der Waals surface area (Å²) in [7, 11) is 0. The Morgan fingerprint density at radius 2 is 2.04 bits per heavy atom. The molecule has 4 atom stereocenters. The summed E-state index contributed by atoms with van der Waals surface area (Å²) in [4.78, 5) is 17.5. The average molecular weight is 631 g/mol.